The summed E-state index contributed by atoms with van der Waals surface area (Å²) >= 11 is 0. The van der Waals surface area contributed by atoms with E-state index in [1.807, 2.05) is 0 Å². The highest BCUT2D eigenvalue weighted by atomic mass is 16.5. The van der Waals surface area contributed by atoms with Crippen molar-refractivity contribution in [3.05, 3.63) is 29.8 Å². The van der Waals surface area contributed by atoms with Crippen molar-refractivity contribution in [2.45, 2.75) is 82.3 Å². The van der Waals surface area contributed by atoms with Crippen LogP contribution in [0, 0.1) is 17.8 Å². The summed E-state index contributed by atoms with van der Waals surface area (Å²) in [4.78, 5) is 2.41. The van der Waals surface area contributed by atoms with Crippen molar-refractivity contribution in [3.8, 4) is 5.75 Å². The SMILES string of the molecule is CC1CCCCN1CC(O)COc1ccc(C23CC4CC(CC(C4)C2)C3)cc1. The number of β-amino-alcohol motifs (C(OH)–C–C–N with tert-alkyl or cyclic N) is 1. The lowest BCUT2D eigenvalue weighted by Gasteiger charge is -2.57. The molecule has 1 heterocycles. The summed E-state index contributed by atoms with van der Waals surface area (Å²) in [5.41, 5.74) is 2.00. The largest absolute Gasteiger partial charge is 0.491 e. The molecule has 2 atom stereocenters. The van der Waals surface area contributed by atoms with Gasteiger partial charge in [-0.05, 0) is 106 Å². The zero-order valence-electron chi connectivity index (χ0n) is 17.5. The summed E-state index contributed by atoms with van der Waals surface area (Å²) in [7, 11) is 0. The maximum Gasteiger partial charge on any atom is 0.119 e. The van der Waals surface area contributed by atoms with Gasteiger partial charge >= 0.3 is 0 Å². The summed E-state index contributed by atoms with van der Waals surface area (Å²) < 4.78 is 5.94. The van der Waals surface area contributed by atoms with Gasteiger partial charge in [-0.1, -0.05) is 18.6 Å². The molecule has 2 unspecified atom stereocenters. The molecule has 5 fully saturated rings. The summed E-state index contributed by atoms with van der Waals surface area (Å²) in [5, 5.41) is 10.4. The normalized spacial score (nSPS) is 38.5. The van der Waals surface area contributed by atoms with Crippen LogP contribution < -0.4 is 4.74 Å². The van der Waals surface area contributed by atoms with Crippen molar-refractivity contribution < 1.29 is 9.84 Å². The number of hydrogen-bond acceptors (Lipinski definition) is 3. The minimum atomic E-state index is -0.414. The van der Waals surface area contributed by atoms with E-state index in [2.05, 4.69) is 36.1 Å². The Morgan fingerprint density at radius 2 is 1.68 bits per heavy atom. The first kappa shape index (κ1) is 18.9. The molecular formula is C25H37NO2. The topological polar surface area (TPSA) is 32.7 Å². The Hall–Kier alpha value is -1.06. The second kappa shape index (κ2) is 7.65. The van der Waals surface area contributed by atoms with Crippen molar-refractivity contribution in [1.29, 1.82) is 0 Å². The Morgan fingerprint density at radius 1 is 1.04 bits per heavy atom. The van der Waals surface area contributed by atoms with E-state index >= 15 is 0 Å². The molecule has 1 aromatic carbocycles. The molecule has 1 N–H and O–H groups in total. The molecule has 0 aromatic heterocycles. The third kappa shape index (κ3) is 3.73. The Kier molecular flexibility index (Phi) is 5.17. The number of likely N-dealkylation sites (tertiary alicyclic amines) is 1. The van der Waals surface area contributed by atoms with Gasteiger partial charge in [-0.15, -0.1) is 0 Å². The number of ether oxygens (including phenoxy) is 1. The average molecular weight is 384 g/mol. The van der Waals surface area contributed by atoms with Crippen molar-refractivity contribution in [2.24, 2.45) is 17.8 Å². The van der Waals surface area contributed by atoms with Gasteiger partial charge in [-0.2, -0.15) is 0 Å². The number of rotatable bonds is 6. The van der Waals surface area contributed by atoms with Gasteiger partial charge < -0.3 is 9.84 Å². The molecule has 154 valence electrons. The van der Waals surface area contributed by atoms with E-state index in [4.69, 9.17) is 4.74 Å². The van der Waals surface area contributed by atoms with E-state index in [9.17, 15) is 5.11 Å². The highest BCUT2D eigenvalue weighted by molar-refractivity contribution is 5.34. The summed E-state index contributed by atoms with van der Waals surface area (Å²) in [6, 6.07) is 9.51. The van der Waals surface area contributed by atoms with Gasteiger partial charge in [0.05, 0.1) is 0 Å². The van der Waals surface area contributed by atoms with Crippen molar-refractivity contribution in [2.75, 3.05) is 19.7 Å². The first-order valence-corrected chi connectivity index (χ1v) is 11.8. The van der Waals surface area contributed by atoms with Crippen LogP contribution in [0.15, 0.2) is 24.3 Å². The molecule has 4 bridgehead atoms. The number of benzene rings is 1. The van der Waals surface area contributed by atoms with Gasteiger partial charge in [0, 0.05) is 12.6 Å². The smallest absolute Gasteiger partial charge is 0.119 e. The van der Waals surface area contributed by atoms with Crippen LogP contribution in [-0.2, 0) is 5.41 Å². The van der Waals surface area contributed by atoms with Crippen LogP contribution in [-0.4, -0.2) is 41.8 Å². The number of aliphatic hydroxyl groups excluding tert-OH is 1. The maximum atomic E-state index is 10.4. The van der Waals surface area contributed by atoms with E-state index in [1.165, 1.54) is 57.8 Å². The van der Waals surface area contributed by atoms with Gasteiger partial charge in [0.15, 0.2) is 0 Å². The molecule has 3 heteroatoms. The van der Waals surface area contributed by atoms with E-state index in [0.717, 1.165) is 36.6 Å². The van der Waals surface area contributed by atoms with Crippen LogP contribution in [0.3, 0.4) is 0 Å². The van der Waals surface area contributed by atoms with Crippen molar-refractivity contribution in [3.63, 3.8) is 0 Å². The van der Waals surface area contributed by atoms with E-state index in [0.29, 0.717) is 18.1 Å². The lowest BCUT2D eigenvalue weighted by Crippen LogP contribution is -2.48. The van der Waals surface area contributed by atoms with Gasteiger partial charge in [0.1, 0.15) is 18.5 Å². The average Bonchev–Trinajstić information content (AvgIpc) is 2.67. The number of hydrogen-bond donors (Lipinski definition) is 1. The molecule has 1 aromatic rings. The predicted molar refractivity (Wildman–Crippen MR) is 113 cm³/mol. The van der Waals surface area contributed by atoms with Crippen LogP contribution in [0.2, 0.25) is 0 Å². The minimum Gasteiger partial charge on any atom is -0.491 e. The Labute approximate surface area is 170 Å². The molecule has 6 rings (SSSR count). The Morgan fingerprint density at radius 3 is 2.29 bits per heavy atom. The molecular weight excluding hydrogens is 346 g/mol. The Balaban J connectivity index is 1.17. The first-order valence-electron chi connectivity index (χ1n) is 11.8. The molecule has 1 saturated heterocycles. The van der Waals surface area contributed by atoms with Crippen LogP contribution in [0.25, 0.3) is 0 Å². The zero-order valence-corrected chi connectivity index (χ0v) is 17.5. The second-order valence-electron chi connectivity index (χ2n) is 10.5. The molecule has 28 heavy (non-hydrogen) atoms. The molecule has 0 spiro atoms. The molecule has 5 aliphatic rings. The van der Waals surface area contributed by atoms with Gasteiger partial charge in [0.2, 0.25) is 0 Å². The maximum absolute atomic E-state index is 10.4. The van der Waals surface area contributed by atoms with Crippen LogP contribution >= 0.6 is 0 Å². The fourth-order valence-corrected chi connectivity index (χ4v) is 7.31. The Bertz CT molecular complexity index is 634. The third-order valence-corrected chi connectivity index (χ3v) is 8.33. The van der Waals surface area contributed by atoms with E-state index in [1.54, 1.807) is 5.56 Å². The van der Waals surface area contributed by atoms with E-state index < -0.39 is 6.10 Å². The van der Waals surface area contributed by atoms with Gasteiger partial charge in [0.25, 0.3) is 0 Å². The van der Waals surface area contributed by atoms with Gasteiger partial charge in [-0.25, -0.2) is 0 Å². The number of nitrogens with zero attached hydrogens (tertiary/aromatic N) is 1. The van der Waals surface area contributed by atoms with Gasteiger partial charge in [-0.3, -0.25) is 4.90 Å². The van der Waals surface area contributed by atoms with Crippen LogP contribution in [0.5, 0.6) is 5.75 Å². The van der Waals surface area contributed by atoms with Crippen LogP contribution in [0.4, 0.5) is 0 Å². The third-order valence-electron chi connectivity index (χ3n) is 8.33. The molecule has 0 amide bonds. The van der Waals surface area contributed by atoms with Crippen LogP contribution in [0.1, 0.15) is 70.3 Å². The molecule has 3 nitrogen and oxygen atoms in total. The highest BCUT2D eigenvalue weighted by Gasteiger charge is 2.51. The van der Waals surface area contributed by atoms with Crippen molar-refractivity contribution in [1.82, 2.24) is 4.90 Å². The quantitative estimate of drug-likeness (QED) is 0.768. The number of aliphatic hydroxyl groups is 1. The second-order valence-corrected chi connectivity index (χ2v) is 10.5. The monoisotopic (exact) mass is 383 g/mol. The fraction of sp³-hybridized carbons (Fsp3) is 0.760. The summed E-state index contributed by atoms with van der Waals surface area (Å²) in [5.74, 6) is 3.85. The fourth-order valence-electron chi connectivity index (χ4n) is 7.31. The highest BCUT2D eigenvalue weighted by Crippen LogP contribution is 2.60. The lowest BCUT2D eigenvalue weighted by atomic mass is 9.48. The first-order chi connectivity index (χ1) is 13.6. The summed E-state index contributed by atoms with van der Waals surface area (Å²) in [6.45, 7) is 4.50. The molecule has 1 aliphatic heterocycles. The van der Waals surface area contributed by atoms with E-state index in [-0.39, 0.29) is 0 Å². The zero-order chi connectivity index (χ0) is 19.1. The van der Waals surface area contributed by atoms with Crippen molar-refractivity contribution >= 4 is 0 Å². The predicted octanol–water partition coefficient (Wildman–Crippen LogP) is 4.77. The lowest BCUT2D eigenvalue weighted by molar-refractivity contribution is -0.00522. The standard InChI is InChI=1S/C25H37NO2/c1-18-4-2-3-9-26(18)16-23(27)17-28-24-7-5-22(6-8-24)25-13-19-10-20(14-25)12-21(11-19)15-25/h5-8,18-21,23,27H,2-4,9-17H2,1H3. The molecule has 4 aliphatic carbocycles. The molecule has 0 radical (unpaired) electrons. The summed E-state index contributed by atoms with van der Waals surface area (Å²) in [6.07, 6.45) is 12.1. The molecule has 4 saturated carbocycles. The number of piperidine rings is 1. The minimum absolute atomic E-state index is 0.389.